The Balaban J connectivity index is 4.74. The second kappa shape index (κ2) is 12.3. The third-order valence-electron chi connectivity index (χ3n) is 5.44. The largest absolute Gasteiger partial charge is 0.465 e. The number of hydrogen-bond acceptors (Lipinski definition) is 6. The molecule has 0 radical (unpaired) electrons. The zero-order valence-corrected chi connectivity index (χ0v) is 20.2. The summed E-state index contributed by atoms with van der Waals surface area (Å²) in [5, 5.41) is 0. The molecule has 0 aliphatic heterocycles. The first-order valence-electron chi connectivity index (χ1n) is 10.7. The van der Waals surface area contributed by atoms with Crippen LogP contribution in [0.2, 0.25) is 0 Å². The number of alkyl halides is 9. The zero-order chi connectivity index (χ0) is 28.8. The maximum absolute atomic E-state index is 13.4. The van der Waals surface area contributed by atoms with Crippen LogP contribution in [-0.2, 0) is 28.6 Å². The fraction of sp³-hybridized carbons (Fsp3) is 0.857. The van der Waals surface area contributed by atoms with Crippen LogP contribution in [0.3, 0.4) is 0 Å². The molecule has 15 heteroatoms. The van der Waals surface area contributed by atoms with E-state index < -0.39 is 79.4 Å². The Kier molecular flexibility index (Phi) is 11.6. The highest BCUT2D eigenvalue weighted by Crippen LogP contribution is 2.54. The number of halogens is 9. The highest BCUT2D eigenvalue weighted by atomic mass is 19.4. The Bertz CT molecular complexity index is 763. The quantitative estimate of drug-likeness (QED) is 0.116. The minimum Gasteiger partial charge on any atom is -0.465 e. The van der Waals surface area contributed by atoms with Crippen LogP contribution >= 0.6 is 0 Å². The fourth-order valence-corrected chi connectivity index (χ4v) is 2.78. The van der Waals surface area contributed by atoms with Gasteiger partial charge >= 0.3 is 41.9 Å². The predicted octanol–water partition coefficient (Wildman–Crippen LogP) is 5.92. The lowest BCUT2D eigenvalue weighted by Gasteiger charge is -2.33. The minimum atomic E-state index is -7.06. The van der Waals surface area contributed by atoms with Gasteiger partial charge in [0.1, 0.15) is 6.42 Å². The average molecular weight is 548 g/mol. The lowest BCUT2D eigenvalue weighted by Crippen LogP contribution is -2.61. The number of hydrogen-bond donors (Lipinski definition) is 0. The highest BCUT2D eigenvalue weighted by molar-refractivity contribution is 5.91. The second-order valence-electron chi connectivity index (χ2n) is 9.12. The molecule has 6 nitrogen and oxygen atoms in total. The average Bonchev–Trinajstić information content (AvgIpc) is 2.70. The molecule has 1 atom stereocenters. The Morgan fingerprint density at radius 1 is 0.778 bits per heavy atom. The Morgan fingerprint density at radius 2 is 1.28 bits per heavy atom. The van der Waals surface area contributed by atoms with Crippen LogP contribution in [0.4, 0.5) is 39.5 Å². The van der Waals surface area contributed by atoms with Gasteiger partial charge in [-0.3, -0.25) is 14.4 Å². The molecule has 0 heterocycles. The molecule has 0 aliphatic rings. The van der Waals surface area contributed by atoms with E-state index in [1.54, 1.807) is 0 Å². The third-order valence-corrected chi connectivity index (χ3v) is 5.44. The van der Waals surface area contributed by atoms with Gasteiger partial charge in [-0.15, -0.1) is 0 Å². The van der Waals surface area contributed by atoms with Crippen molar-refractivity contribution in [2.24, 2.45) is 17.3 Å². The molecule has 0 saturated heterocycles. The Labute approximate surface area is 201 Å². The molecular formula is C21H29F9O6. The summed E-state index contributed by atoms with van der Waals surface area (Å²) in [6.45, 7) is 6.70. The second-order valence-corrected chi connectivity index (χ2v) is 9.12. The standard InChI is InChI=1S/C21H29F9O6/c1-6-17(4,5)13(9-12(2)3)16(33)36-11-35-15(32)10-14(31)34-8-7-18(22,23)19(24,25)20(26,27)21(28,29)30/h12-13H,6-11H2,1-5H3. The summed E-state index contributed by atoms with van der Waals surface area (Å²) in [5.74, 6) is -23.9. The van der Waals surface area contributed by atoms with E-state index in [1.807, 2.05) is 34.6 Å². The van der Waals surface area contributed by atoms with E-state index in [2.05, 4.69) is 9.47 Å². The molecular weight excluding hydrogens is 519 g/mol. The first kappa shape index (κ1) is 33.8. The minimum absolute atomic E-state index is 0.137. The molecule has 0 aromatic carbocycles. The van der Waals surface area contributed by atoms with Crippen molar-refractivity contribution < 1.29 is 68.1 Å². The van der Waals surface area contributed by atoms with Gasteiger partial charge < -0.3 is 14.2 Å². The molecule has 0 aromatic heterocycles. The van der Waals surface area contributed by atoms with Crippen molar-refractivity contribution in [3.05, 3.63) is 0 Å². The van der Waals surface area contributed by atoms with Crippen molar-refractivity contribution in [1.82, 2.24) is 0 Å². The van der Waals surface area contributed by atoms with E-state index in [1.165, 1.54) is 0 Å². The smallest absolute Gasteiger partial charge is 0.460 e. The van der Waals surface area contributed by atoms with E-state index in [4.69, 9.17) is 4.74 Å². The number of carbonyl (C=O) groups excluding carboxylic acids is 3. The predicted molar refractivity (Wildman–Crippen MR) is 105 cm³/mol. The van der Waals surface area contributed by atoms with Gasteiger partial charge in [0.05, 0.1) is 18.9 Å². The molecule has 0 N–H and O–H groups in total. The van der Waals surface area contributed by atoms with Gasteiger partial charge in [-0.05, 0) is 17.8 Å². The van der Waals surface area contributed by atoms with E-state index in [0.717, 1.165) is 0 Å². The summed E-state index contributed by atoms with van der Waals surface area (Å²) in [6, 6.07) is 0. The van der Waals surface area contributed by atoms with Crippen LogP contribution in [0.15, 0.2) is 0 Å². The molecule has 0 spiro atoms. The van der Waals surface area contributed by atoms with Crippen LogP contribution in [0.5, 0.6) is 0 Å². The number of esters is 3. The van der Waals surface area contributed by atoms with Crippen molar-refractivity contribution in [3.8, 4) is 0 Å². The summed E-state index contributed by atoms with van der Waals surface area (Å²) < 4.78 is 128. The van der Waals surface area contributed by atoms with E-state index >= 15 is 0 Å². The molecule has 0 fully saturated rings. The van der Waals surface area contributed by atoms with Gasteiger partial charge in [0.15, 0.2) is 0 Å². The Morgan fingerprint density at radius 3 is 1.72 bits per heavy atom. The van der Waals surface area contributed by atoms with Gasteiger partial charge in [0, 0.05) is 0 Å². The first-order valence-corrected chi connectivity index (χ1v) is 10.7. The molecule has 1 unspecified atom stereocenters. The number of ether oxygens (including phenoxy) is 3. The third kappa shape index (κ3) is 8.71. The monoisotopic (exact) mass is 548 g/mol. The molecule has 0 aliphatic carbocycles. The molecule has 0 aromatic rings. The lowest BCUT2D eigenvalue weighted by atomic mass is 9.73. The van der Waals surface area contributed by atoms with Gasteiger partial charge in [0.25, 0.3) is 0 Å². The molecule has 0 bridgehead atoms. The van der Waals surface area contributed by atoms with Gasteiger partial charge in [-0.1, -0.05) is 41.0 Å². The van der Waals surface area contributed by atoms with Crippen LogP contribution in [-0.4, -0.2) is 55.3 Å². The fourth-order valence-electron chi connectivity index (χ4n) is 2.78. The van der Waals surface area contributed by atoms with E-state index in [-0.39, 0.29) is 5.92 Å². The maximum Gasteiger partial charge on any atom is 0.460 e. The van der Waals surface area contributed by atoms with E-state index in [0.29, 0.717) is 12.8 Å². The normalized spacial score (nSPS) is 14.4. The van der Waals surface area contributed by atoms with Gasteiger partial charge in [-0.25, -0.2) is 0 Å². The van der Waals surface area contributed by atoms with Crippen molar-refractivity contribution in [1.29, 1.82) is 0 Å². The van der Waals surface area contributed by atoms with Crippen molar-refractivity contribution >= 4 is 17.9 Å². The van der Waals surface area contributed by atoms with Crippen LogP contribution in [0.25, 0.3) is 0 Å². The van der Waals surface area contributed by atoms with Crippen molar-refractivity contribution in [2.75, 3.05) is 13.4 Å². The van der Waals surface area contributed by atoms with Crippen LogP contribution in [0.1, 0.15) is 60.3 Å². The summed E-state index contributed by atoms with van der Waals surface area (Å²) >= 11 is 0. The summed E-state index contributed by atoms with van der Waals surface area (Å²) in [7, 11) is 0. The van der Waals surface area contributed by atoms with Crippen molar-refractivity contribution in [2.45, 2.75) is 84.2 Å². The molecule has 0 saturated carbocycles. The first-order chi connectivity index (χ1) is 16.0. The van der Waals surface area contributed by atoms with Gasteiger partial charge in [0.2, 0.25) is 6.79 Å². The van der Waals surface area contributed by atoms with Crippen LogP contribution < -0.4 is 0 Å². The zero-order valence-electron chi connectivity index (χ0n) is 20.2. The molecule has 0 amide bonds. The topological polar surface area (TPSA) is 78.9 Å². The highest BCUT2D eigenvalue weighted by Gasteiger charge is 2.81. The van der Waals surface area contributed by atoms with Crippen molar-refractivity contribution in [3.63, 3.8) is 0 Å². The molecule has 36 heavy (non-hydrogen) atoms. The van der Waals surface area contributed by atoms with Gasteiger partial charge in [-0.2, -0.15) is 39.5 Å². The van der Waals surface area contributed by atoms with Crippen LogP contribution in [0, 0.1) is 17.3 Å². The van der Waals surface area contributed by atoms with E-state index in [9.17, 15) is 53.9 Å². The number of rotatable bonds is 14. The summed E-state index contributed by atoms with van der Waals surface area (Å²) in [4.78, 5) is 35.4. The molecule has 212 valence electrons. The molecule has 0 rings (SSSR count). The summed E-state index contributed by atoms with van der Waals surface area (Å²) in [5.41, 5.74) is -0.446. The SMILES string of the molecule is CCC(C)(C)C(CC(C)C)C(=O)OCOC(=O)CC(=O)OCCC(F)(F)C(F)(F)C(F)(F)C(F)(F)F. The maximum atomic E-state index is 13.4. The lowest BCUT2D eigenvalue weighted by molar-refractivity contribution is -0.397. The summed E-state index contributed by atoms with van der Waals surface area (Å²) in [6.07, 6.45) is -9.53. The Hall–Kier alpha value is -2.22. The number of carbonyl (C=O) groups is 3.